The average Bonchev–Trinajstić information content (AvgIpc) is 2.43. The Morgan fingerprint density at radius 2 is 1.86 bits per heavy atom. The first-order chi connectivity index (χ1) is 10.3. The molecule has 116 valence electrons. The third kappa shape index (κ3) is 4.36. The van der Waals surface area contributed by atoms with Gasteiger partial charge in [-0.3, -0.25) is 4.79 Å². The second-order valence-corrected chi connectivity index (χ2v) is 6.65. The van der Waals surface area contributed by atoms with Crippen LogP contribution in [0, 0.1) is 0 Å². The molecule has 22 heavy (non-hydrogen) atoms. The molecule has 1 aromatic heterocycles. The highest BCUT2D eigenvalue weighted by Gasteiger charge is 2.16. The molecule has 0 aliphatic carbocycles. The van der Waals surface area contributed by atoms with Crippen LogP contribution in [0.5, 0.6) is 0 Å². The molecule has 1 aromatic carbocycles. The third-order valence-electron chi connectivity index (χ3n) is 2.72. The summed E-state index contributed by atoms with van der Waals surface area (Å²) >= 11 is 12.1. The van der Waals surface area contributed by atoms with Gasteiger partial charge in [0.25, 0.3) is 5.91 Å². The van der Waals surface area contributed by atoms with Crippen molar-refractivity contribution in [1.82, 2.24) is 10.3 Å². The van der Waals surface area contributed by atoms with E-state index in [1.807, 2.05) is 26.8 Å². The molecule has 0 aliphatic rings. The average molecular weight is 338 g/mol. The van der Waals surface area contributed by atoms with E-state index in [4.69, 9.17) is 23.2 Å². The van der Waals surface area contributed by atoms with Crippen molar-refractivity contribution in [3.63, 3.8) is 0 Å². The molecule has 2 N–H and O–H groups in total. The second-order valence-electron chi connectivity index (χ2n) is 5.86. The highest BCUT2D eigenvalue weighted by Crippen LogP contribution is 2.31. The Morgan fingerprint density at radius 1 is 1.14 bits per heavy atom. The van der Waals surface area contributed by atoms with Gasteiger partial charge in [-0.25, -0.2) is 4.98 Å². The van der Waals surface area contributed by atoms with Crippen molar-refractivity contribution in [3.05, 3.63) is 52.3 Å². The third-order valence-corrected chi connectivity index (χ3v) is 3.53. The summed E-state index contributed by atoms with van der Waals surface area (Å²) in [6, 6.07) is 8.75. The van der Waals surface area contributed by atoms with Crippen LogP contribution in [0.3, 0.4) is 0 Å². The summed E-state index contributed by atoms with van der Waals surface area (Å²) in [5.74, 6) is -0.208. The van der Waals surface area contributed by atoms with E-state index in [2.05, 4.69) is 15.6 Å². The zero-order valence-corrected chi connectivity index (χ0v) is 14.1. The van der Waals surface area contributed by atoms with Crippen LogP contribution in [0.4, 0.5) is 11.4 Å². The maximum atomic E-state index is 12.0. The Bertz CT molecular complexity index is 679. The number of nitrogens with zero attached hydrogens (tertiary/aromatic N) is 1. The molecule has 4 nitrogen and oxygen atoms in total. The summed E-state index contributed by atoms with van der Waals surface area (Å²) in [5.41, 5.74) is 1.46. The summed E-state index contributed by atoms with van der Waals surface area (Å²) in [7, 11) is 0. The Morgan fingerprint density at radius 3 is 2.45 bits per heavy atom. The first-order valence-electron chi connectivity index (χ1n) is 6.76. The molecule has 0 radical (unpaired) electrons. The molecule has 0 aliphatic heterocycles. The molecule has 0 fully saturated rings. The normalized spacial score (nSPS) is 11.1. The van der Waals surface area contributed by atoms with Crippen LogP contribution in [-0.2, 0) is 0 Å². The molecule has 0 spiro atoms. The van der Waals surface area contributed by atoms with Crippen molar-refractivity contribution in [3.8, 4) is 0 Å². The number of rotatable bonds is 3. The number of carbonyl (C=O) groups is 1. The number of pyridine rings is 1. The van der Waals surface area contributed by atoms with Crippen LogP contribution < -0.4 is 10.6 Å². The maximum absolute atomic E-state index is 12.0. The van der Waals surface area contributed by atoms with Crippen LogP contribution in [0.15, 0.2) is 36.5 Å². The van der Waals surface area contributed by atoms with E-state index in [1.54, 1.807) is 30.5 Å². The second kappa shape index (κ2) is 6.55. The molecule has 2 rings (SSSR count). The van der Waals surface area contributed by atoms with E-state index >= 15 is 0 Å². The standard InChI is InChI=1S/C16H17Cl2N3O/c1-16(2,3)21-15(22)13-8-7-10(9-19-13)20-12-6-4-5-11(17)14(12)18/h4-9,20H,1-3H3,(H,21,22). The van der Waals surface area contributed by atoms with Gasteiger partial charge < -0.3 is 10.6 Å². The Kier molecular flexibility index (Phi) is 4.94. The number of benzene rings is 1. The SMILES string of the molecule is CC(C)(C)NC(=O)c1ccc(Nc2cccc(Cl)c2Cl)cn1. The largest absolute Gasteiger partial charge is 0.353 e. The van der Waals surface area contributed by atoms with Gasteiger partial charge in [0.1, 0.15) is 5.69 Å². The van der Waals surface area contributed by atoms with E-state index in [0.717, 1.165) is 5.69 Å². The maximum Gasteiger partial charge on any atom is 0.270 e. The van der Waals surface area contributed by atoms with Crippen molar-refractivity contribution < 1.29 is 4.79 Å². The van der Waals surface area contributed by atoms with E-state index in [9.17, 15) is 4.79 Å². The highest BCUT2D eigenvalue weighted by atomic mass is 35.5. The Hall–Kier alpha value is -1.78. The van der Waals surface area contributed by atoms with Crippen LogP contribution in [0.25, 0.3) is 0 Å². The number of anilines is 2. The van der Waals surface area contributed by atoms with E-state index < -0.39 is 0 Å². The van der Waals surface area contributed by atoms with E-state index in [1.165, 1.54) is 0 Å². The Balaban J connectivity index is 2.12. The molecular weight excluding hydrogens is 321 g/mol. The summed E-state index contributed by atoms with van der Waals surface area (Å²) < 4.78 is 0. The molecule has 0 bridgehead atoms. The molecule has 0 unspecified atom stereocenters. The van der Waals surface area contributed by atoms with Crippen molar-refractivity contribution in [2.24, 2.45) is 0 Å². The number of amides is 1. The zero-order chi connectivity index (χ0) is 16.3. The summed E-state index contributed by atoms with van der Waals surface area (Å²) in [4.78, 5) is 16.2. The van der Waals surface area contributed by atoms with E-state index in [0.29, 0.717) is 21.4 Å². The van der Waals surface area contributed by atoms with Gasteiger partial charge in [0.2, 0.25) is 0 Å². The minimum atomic E-state index is -0.302. The number of nitrogens with one attached hydrogen (secondary N) is 2. The lowest BCUT2D eigenvalue weighted by molar-refractivity contribution is 0.0914. The topological polar surface area (TPSA) is 54.0 Å². The summed E-state index contributed by atoms with van der Waals surface area (Å²) in [6.45, 7) is 5.76. The quantitative estimate of drug-likeness (QED) is 0.856. The van der Waals surface area contributed by atoms with Gasteiger partial charge in [0, 0.05) is 5.54 Å². The Labute approximate surface area is 139 Å². The van der Waals surface area contributed by atoms with Crippen molar-refractivity contribution in [1.29, 1.82) is 0 Å². The van der Waals surface area contributed by atoms with Crippen LogP contribution in [0.2, 0.25) is 10.0 Å². The lowest BCUT2D eigenvalue weighted by Crippen LogP contribution is -2.40. The highest BCUT2D eigenvalue weighted by molar-refractivity contribution is 6.43. The molecule has 1 amide bonds. The molecule has 0 saturated carbocycles. The van der Waals surface area contributed by atoms with Crippen LogP contribution in [0.1, 0.15) is 31.3 Å². The fraction of sp³-hybridized carbons (Fsp3) is 0.250. The molecule has 0 atom stereocenters. The van der Waals surface area contributed by atoms with E-state index in [-0.39, 0.29) is 11.4 Å². The van der Waals surface area contributed by atoms with Gasteiger partial charge in [-0.2, -0.15) is 0 Å². The fourth-order valence-electron chi connectivity index (χ4n) is 1.76. The number of hydrogen-bond donors (Lipinski definition) is 2. The number of hydrogen-bond acceptors (Lipinski definition) is 3. The minimum absolute atomic E-state index is 0.208. The van der Waals surface area contributed by atoms with Gasteiger partial charge in [-0.1, -0.05) is 29.3 Å². The monoisotopic (exact) mass is 337 g/mol. The van der Waals surface area contributed by atoms with Crippen molar-refractivity contribution >= 4 is 40.5 Å². The number of halogens is 2. The van der Waals surface area contributed by atoms with Gasteiger partial charge in [-0.15, -0.1) is 0 Å². The van der Waals surface area contributed by atoms with Crippen LogP contribution >= 0.6 is 23.2 Å². The van der Waals surface area contributed by atoms with Crippen molar-refractivity contribution in [2.75, 3.05) is 5.32 Å². The molecule has 2 aromatic rings. The first-order valence-corrected chi connectivity index (χ1v) is 7.51. The molecular formula is C16H17Cl2N3O. The predicted octanol–water partition coefficient (Wildman–Crippen LogP) is 4.66. The lowest BCUT2D eigenvalue weighted by Gasteiger charge is -2.20. The smallest absolute Gasteiger partial charge is 0.270 e. The van der Waals surface area contributed by atoms with Gasteiger partial charge in [-0.05, 0) is 45.0 Å². The van der Waals surface area contributed by atoms with Gasteiger partial charge in [0.15, 0.2) is 0 Å². The lowest BCUT2D eigenvalue weighted by atomic mass is 10.1. The minimum Gasteiger partial charge on any atom is -0.353 e. The zero-order valence-electron chi connectivity index (χ0n) is 12.6. The van der Waals surface area contributed by atoms with Gasteiger partial charge >= 0.3 is 0 Å². The molecule has 0 saturated heterocycles. The fourth-order valence-corrected chi connectivity index (χ4v) is 2.11. The molecule has 1 heterocycles. The summed E-state index contributed by atoms with van der Waals surface area (Å²) in [6.07, 6.45) is 1.58. The first kappa shape index (κ1) is 16.6. The summed E-state index contributed by atoms with van der Waals surface area (Å²) in [5, 5.41) is 6.89. The van der Waals surface area contributed by atoms with Gasteiger partial charge in [0.05, 0.1) is 27.6 Å². The number of carbonyl (C=O) groups excluding carboxylic acids is 1. The number of aromatic nitrogens is 1. The van der Waals surface area contributed by atoms with Crippen LogP contribution in [-0.4, -0.2) is 16.4 Å². The molecule has 6 heteroatoms. The predicted molar refractivity (Wildman–Crippen MR) is 91.2 cm³/mol. The van der Waals surface area contributed by atoms with Crippen molar-refractivity contribution in [2.45, 2.75) is 26.3 Å².